The highest BCUT2D eigenvalue weighted by Crippen LogP contribution is 2.44. The summed E-state index contributed by atoms with van der Waals surface area (Å²) in [6.07, 6.45) is 6.36. The van der Waals surface area contributed by atoms with Crippen LogP contribution in [0.3, 0.4) is 0 Å². The molecule has 21 heavy (non-hydrogen) atoms. The molecule has 3 rings (SSSR count). The lowest BCUT2D eigenvalue weighted by atomic mass is 9.86. The summed E-state index contributed by atoms with van der Waals surface area (Å²) in [7, 11) is 0. The van der Waals surface area contributed by atoms with Crippen LogP contribution in [-0.2, 0) is 6.42 Å². The van der Waals surface area contributed by atoms with E-state index in [-0.39, 0.29) is 5.54 Å². The van der Waals surface area contributed by atoms with Crippen molar-refractivity contribution in [2.45, 2.75) is 64.3 Å². The van der Waals surface area contributed by atoms with Gasteiger partial charge >= 0.3 is 0 Å². The quantitative estimate of drug-likeness (QED) is 0.895. The average molecular weight is 287 g/mol. The zero-order chi connectivity index (χ0) is 14.9. The summed E-state index contributed by atoms with van der Waals surface area (Å²) in [4.78, 5) is 0. The molecule has 1 heterocycles. The highest BCUT2D eigenvalue weighted by molar-refractivity contribution is 5.45. The van der Waals surface area contributed by atoms with Gasteiger partial charge in [0, 0.05) is 5.54 Å². The summed E-state index contributed by atoms with van der Waals surface area (Å²) < 4.78 is 6.04. The zero-order valence-corrected chi connectivity index (χ0v) is 13.7. The summed E-state index contributed by atoms with van der Waals surface area (Å²) in [6.45, 7) is 8.78. The predicted octanol–water partition coefficient (Wildman–Crippen LogP) is 4.28. The molecule has 1 aromatic rings. The smallest absolute Gasteiger partial charge is 0.125 e. The number of benzene rings is 1. The van der Waals surface area contributed by atoms with Gasteiger partial charge in [0.2, 0.25) is 0 Å². The van der Waals surface area contributed by atoms with E-state index >= 15 is 0 Å². The van der Waals surface area contributed by atoms with Crippen LogP contribution in [0.5, 0.6) is 5.75 Å². The van der Waals surface area contributed by atoms with Crippen molar-refractivity contribution in [3.8, 4) is 5.75 Å². The van der Waals surface area contributed by atoms with Crippen molar-refractivity contribution in [1.82, 2.24) is 5.32 Å². The van der Waals surface area contributed by atoms with E-state index in [9.17, 15) is 0 Å². The molecule has 0 aromatic heterocycles. The fourth-order valence-corrected chi connectivity index (χ4v) is 3.83. The molecule has 1 fully saturated rings. The first-order valence-corrected chi connectivity index (χ1v) is 8.54. The number of fused-ring (bicyclic) bond motifs is 1. The van der Waals surface area contributed by atoms with E-state index in [1.54, 1.807) is 0 Å². The van der Waals surface area contributed by atoms with E-state index in [2.05, 4.69) is 44.3 Å². The Morgan fingerprint density at radius 1 is 1.19 bits per heavy atom. The minimum atomic E-state index is 0.208. The number of hydrogen-bond donors (Lipinski definition) is 1. The Morgan fingerprint density at radius 3 is 2.86 bits per heavy atom. The van der Waals surface area contributed by atoms with E-state index in [4.69, 9.17) is 4.74 Å². The molecule has 1 aliphatic heterocycles. The van der Waals surface area contributed by atoms with Crippen molar-refractivity contribution in [2.24, 2.45) is 5.92 Å². The minimum absolute atomic E-state index is 0.208. The molecule has 1 aliphatic carbocycles. The second-order valence-corrected chi connectivity index (χ2v) is 7.72. The van der Waals surface area contributed by atoms with Crippen molar-refractivity contribution in [2.75, 3.05) is 13.2 Å². The van der Waals surface area contributed by atoms with E-state index in [0.29, 0.717) is 5.92 Å². The predicted molar refractivity (Wildman–Crippen MR) is 88.1 cm³/mol. The molecular weight excluding hydrogens is 258 g/mol. The van der Waals surface area contributed by atoms with Crippen molar-refractivity contribution in [1.29, 1.82) is 0 Å². The van der Waals surface area contributed by atoms with Crippen LogP contribution in [0.1, 0.15) is 63.5 Å². The molecule has 0 spiro atoms. The van der Waals surface area contributed by atoms with Crippen molar-refractivity contribution >= 4 is 0 Å². The number of nitrogens with one attached hydrogen (secondary N) is 1. The molecule has 0 amide bonds. The maximum atomic E-state index is 6.04. The van der Waals surface area contributed by atoms with Crippen LogP contribution in [0.2, 0.25) is 0 Å². The molecule has 116 valence electrons. The van der Waals surface area contributed by atoms with Gasteiger partial charge in [0.05, 0.1) is 6.61 Å². The molecule has 2 aliphatic rings. The summed E-state index contributed by atoms with van der Waals surface area (Å²) in [5.41, 5.74) is 3.11. The molecule has 0 saturated heterocycles. The van der Waals surface area contributed by atoms with E-state index in [1.165, 1.54) is 42.6 Å². The number of ether oxygens (including phenoxy) is 1. The Labute approximate surface area is 129 Å². The Balaban J connectivity index is 1.79. The highest BCUT2D eigenvalue weighted by Gasteiger charge is 2.32. The number of hydrogen-bond acceptors (Lipinski definition) is 2. The third-order valence-corrected chi connectivity index (χ3v) is 4.92. The van der Waals surface area contributed by atoms with Gasteiger partial charge in [-0.3, -0.25) is 0 Å². The molecule has 0 radical (unpaired) electrons. The van der Waals surface area contributed by atoms with Crippen molar-refractivity contribution in [3.63, 3.8) is 0 Å². The van der Waals surface area contributed by atoms with Crippen molar-refractivity contribution in [3.05, 3.63) is 29.3 Å². The minimum Gasteiger partial charge on any atom is -0.493 e. The number of rotatable bonds is 3. The average Bonchev–Trinajstić information content (AvgIpc) is 2.92. The fourth-order valence-electron chi connectivity index (χ4n) is 3.83. The van der Waals surface area contributed by atoms with E-state index in [0.717, 1.165) is 25.5 Å². The molecule has 2 nitrogen and oxygen atoms in total. The van der Waals surface area contributed by atoms with Gasteiger partial charge in [-0.25, -0.2) is 0 Å². The van der Waals surface area contributed by atoms with E-state index in [1.807, 2.05) is 0 Å². The van der Waals surface area contributed by atoms with Gasteiger partial charge in [0.25, 0.3) is 0 Å². The van der Waals surface area contributed by atoms with Crippen LogP contribution in [0.15, 0.2) is 18.2 Å². The highest BCUT2D eigenvalue weighted by atomic mass is 16.5. The van der Waals surface area contributed by atoms with E-state index < -0.39 is 0 Å². The number of aryl methyl sites for hydroxylation is 1. The molecule has 1 aromatic carbocycles. The third kappa shape index (κ3) is 3.42. The molecule has 2 atom stereocenters. The first-order chi connectivity index (χ1) is 10.0. The van der Waals surface area contributed by atoms with Gasteiger partial charge in [0.15, 0.2) is 0 Å². The topological polar surface area (TPSA) is 21.3 Å². The lowest BCUT2D eigenvalue weighted by Crippen LogP contribution is -2.39. The summed E-state index contributed by atoms with van der Waals surface area (Å²) in [5, 5.41) is 3.70. The summed E-state index contributed by atoms with van der Waals surface area (Å²) in [6, 6.07) is 6.79. The van der Waals surface area contributed by atoms with Crippen LogP contribution in [0, 0.1) is 5.92 Å². The van der Waals surface area contributed by atoms with Gasteiger partial charge in [-0.05, 0) is 76.0 Å². The third-order valence-electron chi connectivity index (χ3n) is 4.92. The van der Waals surface area contributed by atoms with Gasteiger partial charge in [-0.1, -0.05) is 24.6 Å². The molecule has 0 bridgehead atoms. The maximum absolute atomic E-state index is 6.04. The fraction of sp³-hybridized carbons (Fsp3) is 0.684. The Kier molecular flexibility index (Phi) is 4.26. The standard InChI is InChI=1S/C19H29NO/c1-19(2,3)20-13-15-8-5-10-16(15)17-11-4-7-14-9-6-12-21-18(14)17/h4,7,11,15-16,20H,5-6,8-10,12-13H2,1-3H3. The van der Waals surface area contributed by atoms with Gasteiger partial charge in [-0.2, -0.15) is 0 Å². The Bertz CT molecular complexity index is 489. The molecule has 1 saturated carbocycles. The SMILES string of the molecule is CC(C)(C)NCC1CCCC1c1cccc2c1OCCC2. The normalized spacial score (nSPS) is 25.5. The van der Waals surface area contributed by atoms with Crippen LogP contribution < -0.4 is 10.1 Å². The first-order valence-electron chi connectivity index (χ1n) is 8.54. The molecule has 2 heteroatoms. The van der Waals surface area contributed by atoms with Crippen LogP contribution in [-0.4, -0.2) is 18.7 Å². The largest absolute Gasteiger partial charge is 0.493 e. The maximum Gasteiger partial charge on any atom is 0.125 e. The molecule has 2 unspecified atom stereocenters. The molecular formula is C19H29NO. The number of para-hydroxylation sites is 1. The van der Waals surface area contributed by atoms with Gasteiger partial charge in [0.1, 0.15) is 5.75 Å². The summed E-state index contributed by atoms with van der Waals surface area (Å²) in [5.74, 6) is 2.64. The zero-order valence-electron chi connectivity index (χ0n) is 13.7. The van der Waals surface area contributed by atoms with Crippen LogP contribution >= 0.6 is 0 Å². The van der Waals surface area contributed by atoms with Gasteiger partial charge in [-0.15, -0.1) is 0 Å². The second kappa shape index (κ2) is 6.00. The lowest BCUT2D eigenvalue weighted by Gasteiger charge is -2.29. The summed E-state index contributed by atoms with van der Waals surface area (Å²) >= 11 is 0. The Hall–Kier alpha value is -1.02. The second-order valence-electron chi connectivity index (χ2n) is 7.72. The molecule has 1 N–H and O–H groups in total. The Morgan fingerprint density at radius 2 is 2.05 bits per heavy atom. The monoisotopic (exact) mass is 287 g/mol. The van der Waals surface area contributed by atoms with Crippen LogP contribution in [0.4, 0.5) is 0 Å². The van der Waals surface area contributed by atoms with Crippen molar-refractivity contribution < 1.29 is 4.74 Å². The lowest BCUT2D eigenvalue weighted by molar-refractivity contribution is 0.279. The first kappa shape index (κ1) is 14.9. The van der Waals surface area contributed by atoms with Crippen LogP contribution in [0.25, 0.3) is 0 Å². The van der Waals surface area contributed by atoms with Gasteiger partial charge < -0.3 is 10.1 Å².